The lowest BCUT2D eigenvalue weighted by molar-refractivity contribution is 0.410. The monoisotopic (exact) mass is 236 g/mol. The van der Waals surface area contributed by atoms with Gasteiger partial charge >= 0.3 is 6.08 Å². The molecule has 0 aliphatic carbocycles. The van der Waals surface area contributed by atoms with Crippen molar-refractivity contribution in [3.05, 3.63) is 40.4 Å². The van der Waals surface area contributed by atoms with Gasteiger partial charge in [-0.05, 0) is 6.07 Å². The second-order valence-corrected chi connectivity index (χ2v) is 2.91. The van der Waals surface area contributed by atoms with Crippen molar-refractivity contribution in [2.24, 2.45) is 0 Å². The van der Waals surface area contributed by atoms with Crippen LogP contribution < -0.4 is 0 Å². The maximum Gasteiger partial charge on any atom is 0.306 e. The van der Waals surface area contributed by atoms with Gasteiger partial charge in [0.1, 0.15) is 0 Å². The first kappa shape index (κ1) is 9.32. The molecule has 0 nitrogen and oxygen atoms in total. The smallest absolute Gasteiger partial charge is 0.200 e. The summed E-state index contributed by atoms with van der Waals surface area (Å²) in [5.74, 6) is -1.48. The second-order valence-electron chi connectivity index (χ2n) is 2.05. The van der Waals surface area contributed by atoms with Gasteiger partial charge in [0.15, 0.2) is 5.83 Å². The van der Waals surface area contributed by atoms with Crippen molar-refractivity contribution < 1.29 is 13.2 Å². The zero-order chi connectivity index (χ0) is 9.14. The summed E-state index contributed by atoms with van der Waals surface area (Å²) < 4.78 is 36.5. The van der Waals surface area contributed by atoms with E-state index in [9.17, 15) is 13.2 Å². The summed E-state index contributed by atoms with van der Waals surface area (Å²) in [6.45, 7) is 0. The van der Waals surface area contributed by atoms with Crippen molar-refractivity contribution in [3.63, 3.8) is 0 Å². The number of halogens is 4. The van der Waals surface area contributed by atoms with Crippen LogP contribution in [0.5, 0.6) is 0 Å². The molecule has 1 aromatic carbocycles. The van der Waals surface area contributed by atoms with E-state index in [1.807, 2.05) is 0 Å². The lowest BCUT2D eigenvalue weighted by Crippen LogP contribution is -1.80. The van der Waals surface area contributed by atoms with Crippen molar-refractivity contribution in [2.75, 3.05) is 0 Å². The van der Waals surface area contributed by atoms with Crippen molar-refractivity contribution in [1.82, 2.24) is 0 Å². The third-order valence-corrected chi connectivity index (χ3v) is 1.97. The first-order chi connectivity index (χ1) is 5.63. The predicted octanol–water partition coefficient (Wildman–Crippen LogP) is 3.98. The maximum atomic E-state index is 12.6. The van der Waals surface area contributed by atoms with Gasteiger partial charge in [-0.25, -0.2) is 4.39 Å². The van der Waals surface area contributed by atoms with Gasteiger partial charge < -0.3 is 0 Å². The molecule has 0 heterocycles. The van der Waals surface area contributed by atoms with Crippen LogP contribution in [0.25, 0.3) is 5.83 Å². The summed E-state index contributed by atoms with van der Waals surface area (Å²) in [6, 6.07) is 5.88. The van der Waals surface area contributed by atoms with Crippen LogP contribution in [0.3, 0.4) is 0 Å². The molecular weight excluding hydrogens is 233 g/mol. The highest BCUT2D eigenvalue weighted by molar-refractivity contribution is 9.10. The Labute approximate surface area is 75.8 Å². The van der Waals surface area contributed by atoms with Crippen LogP contribution in [0, 0.1) is 0 Å². The Balaban J connectivity index is 3.21. The SMILES string of the molecule is FC(F)=C(F)c1ccccc1Br. The van der Waals surface area contributed by atoms with Crippen LogP contribution in [-0.4, -0.2) is 0 Å². The van der Waals surface area contributed by atoms with E-state index in [4.69, 9.17) is 0 Å². The van der Waals surface area contributed by atoms with Gasteiger partial charge in [0, 0.05) is 10.0 Å². The molecule has 0 amide bonds. The normalized spacial score (nSPS) is 9.67. The van der Waals surface area contributed by atoms with Crippen LogP contribution in [0.2, 0.25) is 0 Å². The summed E-state index contributed by atoms with van der Waals surface area (Å²) >= 11 is 2.96. The fourth-order valence-electron chi connectivity index (χ4n) is 0.741. The van der Waals surface area contributed by atoms with E-state index in [1.54, 1.807) is 6.07 Å². The summed E-state index contributed by atoms with van der Waals surface area (Å²) in [7, 11) is 0. The van der Waals surface area contributed by atoms with E-state index in [1.165, 1.54) is 18.2 Å². The third-order valence-electron chi connectivity index (χ3n) is 1.28. The van der Waals surface area contributed by atoms with Crippen molar-refractivity contribution in [2.45, 2.75) is 0 Å². The Morgan fingerprint density at radius 2 is 1.67 bits per heavy atom. The highest BCUT2D eigenvalue weighted by Crippen LogP contribution is 2.28. The van der Waals surface area contributed by atoms with Crippen LogP contribution in [-0.2, 0) is 0 Å². The maximum absolute atomic E-state index is 12.6. The minimum absolute atomic E-state index is 0.127. The molecule has 12 heavy (non-hydrogen) atoms. The minimum atomic E-state index is -2.30. The summed E-state index contributed by atoms with van der Waals surface area (Å²) in [6.07, 6.45) is -2.30. The second kappa shape index (κ2) is 3.76. The Hall–Kier alpha value is -0.770. The molecule has 0 unspecified atom stereocenters. The molecule has 0 radical (unpaired) electrons. The molecule has 0 spiro atoms. The lowest BCUT2D eigenvalue weighted by atomic mass is 10.2. The third kappa shape index (κ3) is 1.88. The van der Waals surface area contributed by atoms with Crippen LogP contribution in [0.4, 0.5) is 13.2 Å². The molecule has 64 valence electrons. The average molecular weight is 237 g/mol. The summed E-state index contributed by atoms with van der Waals surface area (Å²) in [5, 5.41) is 0. The quantitative estimate of drug-likeness (QED) is 0.692. The van der Waals surface area contributed by atoms with E-state index < -0.39 is 11.9 Å². The van der Waals surface area contributed by atoms with Crippen LogP contribution in [0.15, 0.2) is 34.8 Å². The van der Waals surface area contributed by atoms with E-state index in [-0.39, 0.29) is 5.56 Å². The number of rotatable bonds is 1. The molecule has 0 aromatic heterocycles. The molecule has 0 N–H and O–H groups in total. The molecule has 0 saturated heterocycles. The molecule has 1 aromatic rings. The Morgan fingerprint density at radius 1 is 1.08 bits per heavy atom. The van der Waals surface area contributed by atoms with Gasteiger partial charge in [-0.3, -0.25) is 0 Å². The lowest BCUT2D eigenvalue weighted by Gasteiger charge is -1.98. The van der Waals surface area contributed by atoms with E-state index >= 15 is 0 Å². The topological polar surface area (TPSA) is 0 Å². The summed E-state index contributed by atoms with van der Waals surface area (Å²) in [4.78, 5) is 0. The number of benzene rings is 1. The molecule has 0 aliphatic rings. The first-order valence-electron chi connectivity index (χ1n) is 3.08. The zero-order valence-electron chi connectivity index (χ0n) is 5.82. The van der Waals surface area contributed by atoms with Gasteiger partial charge in [-0.1, -0.05) is 34.1 Å². The van der Waals surface area contributed by atoms with Crippen LogP contribution in [0.1, 0.15) is 5.56 Å². The van der Waals surface area contributed by atoms with Crippen molar-refractivity contribution in [1.29, 1.82) is 0 Å². The van der Waals surface area contributed by atoms with Gasteiger partial charge in [0.2, 0.25) is 0 Å². The standard InChI is InChI=1S/C8H4BrF3/c9-6-4-2-1-3-5(6)7(10)8(11)12/h1-4H. The molecule has 1 rings (SSSR count). The molecule has 0 saturated carbocycles. The number of hydrogen-bond acceptors (Lipinski definition) is 0. The molecular formula is C8H4BrF3. The number of hydrogen-bond donors (Lipinski definition) is 0. The van der Waals surface area contributed by atoms with Crippen molar-refractivity contribution in [3.8, 4) is 0 Å². The minimum Gasteiger partial charge on any atom is -0.200 e. The van der Waals surface area contributed by atoms with Gasteiger partial charge in [-0.2, -0.15) is 8.78 Å². The highest BCUT2D eigenvalue weighted by Gasteiger charge is 2.10. The fraction of sp³-hybridized carbons (Fsp3) is 0. The predicted molar refractivity (Wildman–Crippen MR) is 44.4 cm³/mol. The van der Waals surface area contributed by atoms with Gasteiger partial charge in [-0.15, -0.1) is 0 Å². The van der Waals surface area contributed by atoms with Crippen LogP contribution >= 0.6 is 15.9 Å². The molecule has 4 heteroatoms. The van der Waals surface area contributed by atoms with E-state index in [0.29, 0.717) is 4.47 Å². The van der Waals surface area contributed by atoms with Crippen molar-refractivity contribution >= 4 is 21.8 Å². The van der Waals surface area contributed by atoms with E-state index in [0.717, 1.165) is 0 Å². The fourth-order valence-corrected chi connectivity index (χ4v) is 1.20. The molecule has 0 atom stereocenters. The Bertz CT molecular complexity index is 316. The zero-order valence-corrected chi connectivity index (χ0v) is 7.41. The van der Waals surface area contributed by atoms with Gasteiger partial charge in [0.05, 0.1) is 0 Å². The molecule has 0 aliphatic heterocycles. The highest BCUT2D eigenvalue weighted by atomic mass is 79.9. The Kier molecular flexibility index (Phi) is 2.92. The van der Waals surface area contributed by atoms with Gasteiger partial charge in [0.25, 0.3) is 0 Å². The Morgan fingerprint density at radius 3 is 2.17 bits per heavy atom. The molecule has 0 bridgehead atoms. The molecule has 0 fully saturated rings. The average Bonchev–Trinajstić information content (AvgIpc) is 2.04. The largest absolute Gasteiger partial charge is 0.306 e. The summed E-state index contributed by atoms with van der Waals surface area (Å²) in [5.41, 5.74) is -0.127. The van der Waals surface area contributed by atoms with E-state index in [2.05, 4.69) is 15.9 Å². The first-order valence-corrected chi connectivity index (χ1v) is 3.88.